The molecule has 1 unspecified atom stereocenters. The first-order chi connectivity index (χ1) is 11.7. The van der Waals surface area contributed by atoms with Gasteiger partial charge in [-0.3, -0.25) is 0 Å². The van der Waals surface area contributed by atoms with E-state index in [9.17, 15) is 0 Å². The summed E-state index contributed by atoms with van der Waals surface area (Å²) in [6.45, 7) is 2.81. The molecule has 0 spiro atoms. The minimum atomic E-state index is 0.264. The van der Waals surface area contributed by atoms with Crippen molar-refractivity contribution in [3.8, 4) is 28.4 Å². The van der Waals surface area contributed by atoms with Crippen LogP contribution >= 0.6 is 0 Å². The molecule has 0 saturated carbocycles. The number of methoxy groups -OCH3 is 3. The largest absolute Gasteiger partial charge is 0.493 e. The zero-order valence-corrected chi connectivity index (χ0v) is 14.8. The van der Waals surface area contributed by atoms with Gasteiger partial charge in [-0.05, 0) is 47.7 Å². The van der Waals surface area contributed by atoms with E-state index in [4.69, 9.17) is 19.9 Å². The van der Waals surface area contributed by atoms with Crippen LogP contribution in [0.2, 0.25) is 0 Å². The number of rotatable bonds is 6. The van der Waals surface area contributed by atoms with E-state index in [1.54, 1.807) is 21.3 Å². The van der Waals surface area contributed by atoms with E-state index in [1.807, 2.05) is 0 Å². The van der Waals surface area contributed by atoms with Gasteiger partial charge in [0, 0.05) is 11.5 Å². The van der Waals surface area contributed by atoms with Crippen LogP contribution < -0.4 is 19.9 Å². The Bertz CT molecular complexity index is 755. The highest BCUT2D eigenvalue weighted by atomic mass is 16.5. The van der Waals surface area contributed by atoms with E-state index >= 15 is 0 Å². The van der Waals surface area contributed by atoms with Gasteiger partial charge in [-0.1, -0.05) is 25.1 Å². The fourth-order valence-corrected chi connectivity index (χ4v) is 3.72. The van der Waals surface area contributed by atoms with E-state index < -0.39 is 0 Å². The van der Waals surface area contributed by atoms with Crippen molar-refractivity contribution < 1.29 is 14.2 Å². The van der Waals surface area contributed by atoms with Crippen LogP contribution in [0, 0.1) is 0 Å². The molecule has 0 amide bonds. The van der Waals surface area contributed by atoms with Crippen molar-refractivity contribution in [1.82, 2.24) is 0 Å². The zero-order valence-electron chi connectivity index (χ0n) is 14.8. The molecule has 0 aliphatic heterocycles. The van der Waals surface area contributed by atoms with Gasteiger partial charge in [0.1, 0.15) is 0 Å². The second kappa shape index (κ2) is 6.73. The summed E-state index contributed by atoms with van der Waals surface area (Å²) in [7, 11) is 4.97. The lowest BCUT2D eigenvalue weighted by atomic mass is 9.92. The molecule has 0 radical (unpaired) electrons. The first-order valence-corrected chi connectivity index (χ1v) is 8.36. The van der Waals surface area contributed by atoms with Crippen LogP contribution in [-0.2, 0) is 6.42 Å². The van der Waals surface area contributed by atoms with Gasteiger partial charge >= 0.3 is 0 Å². The lowest BCUT2D eigenvalue weighted by Crippen LogP contribution is -2.07. The third-order valence-corrected chi connectivity index (χ3v) is 4.86. The van der Waals surface area contributed by atoms with Crippen molar-refractivity contribution in [2.75, 3.05) is 27.9 Å². The highest BCUT2D eigenvalue weighted by Crippen LogP contribution is 2.56. The van der Waals surface area contributed by atoms with Crippen LogP contribution in [0.5, 0.6) is 17.2 Å². The molecule has 4 heteroatoms. The molecule has 2 aromatic carbocycles. The van der Waals surface area contributed by atoms with E-state index in [0.717, 1.165) is 24.2 Å². The number of aryl methyl sites for hydroxylation is 1. The molecule has 0 saturated heterocycles. The second-order valence-corrected chi connectivity index (χ2v) is 6.01. The summed E-state index contributed by atoms with van der Waals surface area (Å²) in [6, 6.07) is 8.75. The minimum absolute atomic E-state index is 0.264. The van der Waals surface area contributed by atoms with Crippen LogP contribution in [-0.4, -0.2) is 27.9 Å². The summed E-state index contributed by atoms with van der Waals surface area (Å²) in [4.78, 5) is 0. The predicted molar refractivity (Wildman–Crippen MR) is 96.4 cm³/mol. The van der Waals surface area contributed by atoms with Crippen molar-refractivity contribution in [2.24, 2.45) is 5.73 Å². The van der Waals surface area contributed by atoms with Crippen molar-refractivity contribution in [3.63, 3.8) is 0 Å². The Labute approximate surface area is 143 Å². The maximum absolute atomic E-state index is 5.90. The normalized spacial score (nSPS) is 15.0. The Morgan fingerprint density at radius 2 is 1.71 bits per heavy atom. The molecule has 2 aromatic rings. The molecule has 1 aliphatic carbocycles. The first-order valence-electron chi connectivity index (χ1n) is 8.36. The van der Waals surface area contributed by atoms with Crippen LogP contribution in [0.15, 0.2) is 24.3 Å². The maximum Gasteiger partial charge on any atom is 0.203 e. The summed E-state index contributed by atoms with van der Waals surface area (Å²) >= 11 is 0. The molecular weight excluding hydrogens is 302 g/mol. The molecule has 1 aliphatic rings. The SMILES string of the molecule is CCc1ccc2c(c1)C(CCN)c1cc(OC)c(OC)c(OC)c1-2. The van der Waals surface area contributed by atoms with Crippen molar-refractivity contribution in [3.05, 3.63) is 41.0 Å². The monoisotopic (exact) mass is 327 g/mol. The summed E-state index contributed by atoms with van der Waals surface area (Å²) < 4.78 is 16.8. The number of ether oxygens (including phenoxy) is 3. The molecule has 128 valence electrons. The number of nitrogens with two attached hydrogens (primary N) is 1. The van der Waals surface area contributed by atoms with Crippen molar-refractivity contribution >= 4 is 0 Å². The number of benzene rings is 2. The molecular formula is C20H25NO3. The van der Waals surface area contributed by atoms with Gasteiger partial charge in [0.05, 0.1) is 21.3 Å². The zero-order chi connectivity index (χ0) is 17.3. The molecule has 0 bridgehead atoms. The van der Waals surface area contributed by atoms with Gasteiger partial charge in [-0.2, -0.15) is 0 Å². The Morgan fingerprint density at radius 3 is 2.29 bits per heavy atom. The number of hydrogen-bond donors (Lipinski definition) is 1. The summed E-state index contributed by atoms with van der Waals surface area (Å²) in [6.07, 6.45) is 1.91. The van der Waals surface area contributed by atoms with Gasteiger partial charge in [0.2, 0.25) is 5.75 Å². The molecule has 3 rings (SSSR count). The molecule has 0 heterocycles. The topological polar surface area (TPSA) is 53.7 Å². The summed E-state index contributed by atoms with van der Waals surface area (Å²) in [5.74, 6) is 2.33. The molecule has 2 N–H and O–H groups in total. The first kappa shape index (κ1) is 16.7. The van der Waals surface area contributed by atoms with E-state index in [-0.39, 0.29) is 5.92 Å². The third-order valence-electron chi connectivity index (χ3n) is 4.86. The Kier molecular flexibility index (Phi) is 4.67. The standard InChI is InChI=1S/C20H25NO3/c1-5-12-6-7-14-15(10-12)13(8-9-21)16-11-17(22-2)19(23-3)20(24-4)18(14)16/h6-7,10-11,13H,5,8-9,21H2,1-4H3. The molecule has 24 heavy (non-hydrogen) atoms. The fraction of sp³-hybridized carbons (Fsp3) is 0.400. The smallest absolute Gasteiger partial charge is 0.203 e. The fourth-order valence-electron chi connectivity index (χ4n) is 3.72. The predicted octanol–water partition coefficient (Wildman–Crippen LogP) is 3.74. The quantitative estimate of drug-likeness (QED) is 0.878. The molecule has 0 aromatic heterocycles. The van der Waals surface area contributed by atoms with E-state index in [0.29, 0.717) is 18.0 Å². The van der Waals surface area contributed by atoms with Crippen LogP contribution in [0.3, 0.4) is 0 Å². The number of hydrogen-bond acceptors (Lipinski definition) is 4. The molecule has 4 nitrogen and oxygen atoms in total. The van der Waals surface area contributed by atoms with Gasteiger partial charge in [-0.15, -0.1) is 0 Å². The molecule has 1 atom stereocenters. The Morgan fingerprint density at radius 1 is 0.958 bits per heavy atom. The maximum atomic E-state index is 5.90. The lowest BCUT2D eigenvalue weighted by Gasteiger charge is -2.18. The van der Waals surface area contributed by atoms with Crippen molar-refractivity contribution in [2.45, 2.75) is 25.7 Å². The van der Waals surface area contributed by atoms with Gasteiger partial charge in [-0.25, -0.2) is 0 Å². The van der Waals surface area contributed by atoms with Gasteiger partial charge in [0.25, 0.3) is 0 Å². The molecule has 0 fully saturated rings. The lowest BCUT2D eigenvalue weighted by molar-refractivity contribution is 0.324. The van der Waals surface area contributed by atoms with Crippen molar-refractivity contribution in [1.29, 1.82) is 0 Å². The Balaban J connectivity index is 2.31. The minimum Gasteiger partial charge on any atom is -0.493 e. The van der Waals surface area contributed by atoms with Crippen LogP contribution in [0.25, 0.3) is 11.1 Å². The average Bonchev–Trinajstić information content (AvgIpc) is 2.93. The van der Waals surface area contributed by atoms with E-state index in [2.05, 4.69) is 31.2 Å². The van der Waals surface area contributed by atoms with Gasteiger partial charge in [0.15, 0.2) is 11.5 Å². The summed E-state index contributed by atoms with van der Waals surface area (Å²) in [5.41, 5.74) is 12.1. The highest BCUT2D eigenvalue weighted by molar-refractivity contribution is 5.87. The summed E-state index contributed by atoms with van der Waals surface area (Å²) in [5, 5.41) is 0. The third kappa shape index (κ3) is 2.42. The number of fused-ring (bicyclic) bond motifs is 3. The highest BCUT2D eigenvalue weighted by Gasteiger charge is 2.34. The van der Waals surface area contributed by atoms with Gasteiger partial charge < -0.3 is 19.9 Å². The van der Waals surface area contributed by atoms with Crippen LogP contribution in [0.4, 0.5) is 0 Å². The second-order valence-electron chi connectivity index (χ2n) is 6.01. The average molecular weight is 327 g/mol. The van der Waals surface area contributed by atoms with E-state index in [1.165, 1.54) is 22.3 Å². The van der Waals surface area contributed by atoms with Crippen LogP contribution in [0.1, 0.15) is 36.0 Å². The Hall–Kier alpha value is -2.20.